The molecule has 2 N–H and O–H groups in total. The first-order chi connectivity index (χ1) is 7.03. The maximum absolute atomic E-state index is 5.96. The highest BCUT2D eigenvalue weighted by Crippen LogP contribution is 2.11. The van der Waals surface area contributed by atoms with Crippen molar-refractivity contribution in [3.05, 3.63) is 34.9 Å². The largest absolute Gasteiger partial charge is 0.375 e. The predicted octanol–water partition coefficient (Wildman–Crippen LogP) is 2.98. The zero-order valence-electron chi connectivity index (χ0n) is 9.29. The van der Waals surface area contributed by atoms with Crippen molar-refractivity contribution in [2.45, 2.75) is 32.4 Å². The molecular formula is C12H18ClNO. The van der Waals surface area contributed by atoms with Crippen LogP contribution in [-0.4, -0.2) is 12.1 Å². The van der Waals surface area contributed by atoms with Gasteiger partial charge in [0.1, 0.15) is 0 Å². The minimum Gasteiger partial charge on any atom is -0.375 e. The third-order valence-electron chi connectivity index (χ3n) is 2.42. The number of benzene rings is 1. The van der Waals surface area contributed by atoms with Crippen molar-refractivity contribution in [1.29, 1.82) is 0 Å². The fraction of sp³-hybridized carbons (Fsp3) is 0.500. The minimum absolute atomic E-state index is 0.230. The normalized spacial score (nSPS) is 14.9. The van der Waals surface area contributed by atoms with Crippen LogP contribution in [0.2, 0.25) is 5.02 Å². The molecule has 0 saturated carbocycles. The second-order valence-electron chi connectivity index (χ2n) is 4.13. The van der Waals surface area contributed by atoms with Gasteiger partial charge in [0.05, 0.1) is 13.2 Å². The lowest BCUT2D eigenvalue weighted by Gasteiger charge is -2.22. The Kier molecular flexibility index (Phi) is 4.58. The third kappa shape index (κ3) is 4.65. The van der Waals surface area contributed by atoms with Crippen LogP contribution in [-0.2, 0) is 11.3 Å². The van der Waals surface area contributed by atoms with Crippen molar-refractivity contribution in [3.8, 4) is 0 Å². The second kappa shape index (κ2) is 5.50. The molecule has 1 aromatic rings. The van der Waals surface area contributed by atoms with Crippen LogP contribution in [0.25, 0.3) is 0 Å². The van der Waals surface area contributed by atoms with Gasteiger partial charge in [-0.3, -0.25) is 0 Å². The van der Waals surface area contributed by atoms with E-state index < -0.39 is 0 Å². The van der Waals surface area contributed by atoms with E-state index in [9.17, 15) is 0 Å². The summed E-state index contributed by atoms with van der Waals surface area (Å²) in [6, 6.07) is 7.65. The molecule has 0 aliphatic rings. The van der Waals surface area contributed by atoms with Crippen molar-refractivity contribution < 1.29 is 4.74 Å². The molecule has 1 atom stereocenters. The van der Waals surface area contributed by atoms with Crippen LogP contribution in [0.5, 0.6) is 0 Å². The van der Waals surface area contributed by atoms with Gasteiger partial charge >= 0.3 is 0 Å². The van der Waals surface area contributed by atoms with Crippen LogP contribution in [0.4, 0.5) is 0 Å². The molecule has 0 bridgehead atoms. The molecule has 0 radical (unpaired) electrons. The van der Waals surface area contributed by atoms with E-state index in [0.29, 0.717) is 13.2 Å². The molecule has 3 heteroatoms. The van der Waals surface area contributed by atoms with Gasteiger partial charge < -0.3 is 10.5 Å². The smallest absolute Gasteiger partial charge is 0.0717 e. The SMILES string of the molecule is CCC(C)(N)COCc1ccc(Cl)cc1. The first-order valence-corrected chi connectivity index (χ1v) is 5.52. The lowest BCUT2D eigenvalue weighted by Crippen LogP contribution is -2.40. The summed E-state index contributed by atoms with van der Waals surface area (Å²) >= 11 is 5.78. The Balaban J connectivity index is 2.35. The lowest BCUT2D eigenvalue weighted by molar-refractivity contribution is 0.0777. The standard InChI is InChI=1S/C12H18ClNO/c1-3-12(2,14)9-15-8-10-4-6-11(13)7-5-10/h4-7H,3,8-9,14H2,1-2H3. The maximum atomic E-state index is 5.96. The highest BCUT2D eigenvalue weighted by atomic mass is 35.5. The summed E-state index contributed by atoms with van der Waals surface area (Å²) in [7, 11) is 0. The van der Waals surface area contributed by atoms with Gasteiger partial charge in [0.15, 0.2) is 0 Å². The molecular weight excluding hydrogens is 210 g/mol. The number of rotatable bonds is 5. The first-order valence-electron chi connectivity index (χ1n) is 5.14. The average Bonchev–Trinajstić information content (AvgIpc) is 2.21. The van der Waals surface area contributed by atoms with Crippen LogP contribution in [0.3, 0.4) is 0 Å². The zero-order chi connectivity index (χ0) is 11.3. The Labute approximate surface area is 96.4 Å². The maximum Gasteiger partial charge on any atom is 0.0717 e. The van der Waals surface area contributed by atoms with Crippen molar-refractivity contribution >= 4 is 11.6 Å². The third-order valence-corrected chi connectivity index (χ3v) is 2.67. The average molecular weight is 228 g/mol. The van der Waals surface area contributed by atoms with Gasteiger partial charge in [0, 0.05) is 10.6 Å². The van der Waals surface area contributed by atoms with Crippen molar-refractivity contribution in [2.75, 3.05) is 6.61 Å². The summed E-state index contributed by atoms with van der Waals surface area (Å²) in [5, 5.41) is 0.746. The van der Waals surface area contributed by atoms with E-state index in [2.05, 4.69) is 6.92 Å². The number of hydrogen-bond donors (Lipinski definition) is 1. The van der Waals surface area contributed by atoms with E-state index >= 15 is 0 Å². The van der Waals surface area contributed by atoms with E-state index in [1.165, 1.54) is 0 Å². The Bertz CT molecular complexity index is 295. The fourth-order valence-corrected chi connectivity index (χ4v) is 1.21. The molecule has 0 aromatic heterocycles. The summed E-state index contributed by atoms with van der Waals surface area (Å²) in [6.07, 6.45) is 0.910. The minimum atomic E-state index is -0.230. The van der Waals surface area contributed by atoms with Crippen molar-refractivity contribution in [3.63, 3.8) is 0 Å². The summed E-state index contributed by atoms with van der Waals surface area (Å²) in [5.41, 5.74) is 6.85. The Morgan fingerprint density at radius 3 is 2.47 bits per heavy atom. The van der Waals surface area contributed by atoms with Crippen LogP contribution < -0.4 is 5.73 Å². The van der Waals surface area contributed by atoms with Gasteiger partial charge in [-0.05, 0) is 31.0 Å². The second-order valence-corrected chi connectivity index (χ2v) is 4.56. The predicted molar refractivity (Wildman–Crippen MR) is 64.0 cm³/mol. The van der Waals surface area contributed by atoms with Gasteiger partial charge in [0.2, 0.25) is 0 Å². The van der Waals surface area contributed by atoms with Gasteiger partial charge in [-0.1, -0.05) is 30.7 Å². The molecule has 0 aliphatic carbocycles. The zero-order valence-corrected chi connectivity index (χ0v) is 10.1. The van der Waals surface area contributed by atoms with Crippen LogP contribution in [0.1, 0.15) is 25.8 Å². The van der Waals surface area contributed by atoms with Gasteiger partial charge in [-0.15, -0.1) is 0 Å². The summed E-state index contributed by atoms with van der Waals surface area (Å²) in [4.78, 5) is 0. The number of hydrogen-bond acceptors (Lipinski definition) is 2. The molecule has 0 spiro atoms. The van der Waals surface area contributed by atoms with Crippen molar-refractivity contribution in [2.24, 2.45) is 5.73 Å². The van der Waals surface area contributed by atoms with Gasteiger partial charge in [-0.2, -0.15) is 0 Å². The summed E-state index contributed by atoms with van der Waals surface area (Å²) < 4.78 is 5.55. The molecule has 1 unspecified atom stereocenters. The molecule has 0 amide bonds. The van der Waals surface area contributed by atoms with Gasteiger partial charge in [-0.25, -0.2) is 0 Å². The molecule has 0 saturated heterocycles. The Morgan fingerprint density at radius 2 is 1.93 bits per heavy atom. The molecule has 1 aromatic carbocycles. The Hall–Kier alpha value is -0.570. The molecule has 0 heterocycles. The number of halogens is 1. The van der Waals surface area contributed by atoms with Crippen LogP contribution >= 0.6 is 11.6 Å². The van der Waals surface area contributed by atoms with E-state index in [1.807, 2.05) is 31.2 Å². The van der Waals surface area contributed by atoms with E-state index in [1.54, 1.807) is 0 Å². The lowest BCUT2D eigenvalue weighted by atomic mass is 10.0. The summed E-state index contributed by atoms with van der Waals surface area (Å²) in [6.45, 7) is 5.22. The number of ether oxygens (including phenoxy) is 1. The quantitative estimate of drug-likeness (QED) is 0.840. The molecule has 15 heavy (non-hydrogen) atoms. The van der Waals surface area contributed by atoms with Crippen molar-refractivity contribution in [1.82, 2.24) is 0 Å². The molecule has 2 nitrogen and oxygen atoms in total. The topological polar surface area (TPSA) is 35.2 Å². The molecule has 0 aliphatic heterocycles. The fourth-order valence-electron chi connectivity index (χ4n) is 1.08. The highest BCUT2D eigenvalue weighted by molar-refractivity contribution is 6.30. The Morgan fingerprint density at radius 1 is 1.33 bits per heavy atom. The van der Waals surface area contributed by atoms with Gasteiger partial charge in [0.25, 0.3) is 0 Å². The van der Waals surface area contributed by atoms with Crippen LogP contribution in [0, 0.1) is 0 Å². The van der Waals surface area contributed by atoms with Crippen LogP contribution in [0.15, 0.2) is 24.3 Å². The highest BCUT2D eigenvalue weighted by Gasteiger charge is 2.15. The molecule has 0 fully saturated rings. The van der Waals surface area contributed by atoms with E-state index in [4.69, 9.17) is 22.1 Å². The molecule has 1 rings (SSSR count). The first kappa shape index (κ1) is 12.5. The van der Waals surface area contributed by atoms with E-state index in [-0.39, 0.29) is 5.54 Å². The van der Waals surface area contributed by atoms with E-state index in [0.717, 1.165) is 17.0 Å². The molecule has 84 valence electrons. The monoisotopic (exact) mass is 227 g/mol. The number of nitrogens with two attached hydrogens (primary N) is 1. The summed E-state index contributed by atoms with van der Waals surface area (Å²) in [5.74, 6) is 0.